The molecule has 0 heterocycles. The van der Waals surface area contributed by atoms with Gasteiger partial charge in [-0.05, 0) is 30.7 Å². The van der Waals surface area contributed by atoms with E-state index in [0.717, 1.165) is 29.1 Å². The minimum atomic E-state index is -0.862. The predicted molar refractivity (Wildman–Crippen MR) is 60.6 cm³/mol. The second-order valence-electron chi connectivity index (χ2n) is 3.07. The molecule has 1 unspecified atom stereocenters. The zero-order valence-electron chi connectivity index (χ0n) is 8.32. The highest BCUT2D eigenvalue weighted by atomic mass is 32.2. The zero-order chi connectivity index (χ0) is 10.4. The largest absolute Gasteiger partial charge is 0.254 e. The summed E-state index contributed by atoms with van der Waals surface area (Å²) >= 11 is 0. The standard InChI is InChI=1S/C12H14OS/c1-3-5-10-14(13)12-8-6-11(4-2)7-9-12/h2,6-9H,3,5,10H2,1H3. The van der Waals surface area contributed by atoms with E-state index in [9.17, 15) is 4.21 Å². The van der Waals surface area contributed by atoms with Gasteiger partial charge in [0.2, 0.25) is 0 Å². The van der Waals surface area contributed by atoms with E-state index < -0.39 is 10.8 Å². The minimum Gasteiger partial charge on any atom is -0.254 e. The van der Waals surface area contributed by atoms with Gasteiger partial charge in [-0.1, -0.05) is 19.3 Å². The highest BCUT2D eigenvalue weighted by Crippen LogP contribution is 2.09. The molecule has 2 heteroatoms. The van der Waals surface area contributed by atoms with Crippen LogP contribution in [-0.2, 0) is 10.8 Å². The molecule has 0 saturated carbocycles. The van der Waals surface area contributed by atoms with Gasteiger partial charge >= 0.3 is 0 Å². The van der Waals surface area contributed by atoms with Gasteiger partial charge in [0.15, 0.2) is 0 Å². The Balaban J connectivity index is 2.68. The third kappa shape index (κ3) is 3.01. The molecule has 0 amide bonds. The monoisotopic (exact) mass is 206 g/mol. The van der Waals surface area contributed by atoms with Gasteiger partial charge in [-0.15, -0.1) is 6.42 Å². The molecule has 74 valence electrons. The van der Waals surface area contributed by atoms with Crippen LogP contribution >= 0.6 is 0 Å². The summed E-state index contributed by atoms with van der Waals surface area (Å²) in [4.78, 5) is 0.873. The Morgan fingerprint density at radius 1 is 1.36 bits per heavy atom. The topological polar surface area (TPSA) is 17.1 Å². The van der Waals surface area contributed by atoms with Crippen molar-refractivity contribution in [1.82, 2.24) is 0 Å². The molecular formula is C12H14OS. The van der Waals surface area contributed by atoms with Gasteiger partial charge in [-0.3, -0.25) is 4.21 Å². The number of unbranched alkanes of at least 4 members (excludes halogenated alkanes) is 1. The van der Waals surface area contributed by atoms with Crippen molar-refractivity contribution in [2.45, 2.75) is 24.7 Å². The van der Waals surface area contributed by atoms with Crippen molar-refractivity contribution >= 4 is 10.8 Å². The summed E-state index contributed by atoms with van der Waals surface area (Å²) in [5, 5.41) is 0. The first-order chi connectivity index (χ1) is 6.77. The van der Waals surface area contributed by atoms with E-state index in [1.54, 1.807) is 0 Å². The molecular weight excluding hydrogens is 192 g/mol. The van der Waals surface area contributed by atoms with E-state index in [1.165, 1.54) is 0 Å². The Labute approximate surface area is 88.0 Å². The van der Waals surface area contributed by atoms with Crippen LogP contribution in [0, 0.1) is 12.3 Å². The van der Waals surface area contributed by atoms with Gasteiger partial charge in [0.05, 0.1) is 10.8 Å². The van der Waals surface area contributed by atoms with Crippen LogP contribution in [0.5, 0.6) is 0 Å². The first-order valence-electron chi connectivity index (χ1n) is 4.73. The van der Waals surface area contributed by atoms with Crippen LogP contribution in [0.1, 0.15) is 25.3 Å². The third-order valence-electron chi connectivity index (χ3n) is 1.97. The van der Waals surface area contributed by atoms with E-state index in [0.29, 0.717) is 0 Å². The van der Waals surface area contributed by atoms with Gasteiger partial charge in [-0.2, -0.15) is 0 Å². The van der Waals surface area contributed by atoms with Crippen LogP contribution in [0.2, 0.25) is 0 Å². The highest BCUT2D eigenvalue weighted by Gasteiger charge is 2.01. The molecule has 0 saturated heterocycles. The number of hydrogen-bond acceptors (Lipinski definition) is 1. The fraction of sp³-hybridized carbons (Fsp3) is 0.333. The molecule has 0 aromatic heterocycles. The molecule has 0 bridgehead atoms. The molecule has 14 heavy (non-hydrogen) atoms. The van der Waals surface area contributed by atoms with Crippen LogP contribution in [0.3, 0.4) is 0 Å². The average Bonchev–Trinajstić information content (AvgIpc) is 2.26. The number of terminal acetylenes is 1. The second kappa shape index (κ2) is 5.62. The van der Waals surface area contributed by atoms with Gasteiger partial charge < -0.3 is 0 Å². The summed E-state index contributed by atoms with van der Waals surface area (Å²) in [6.07, 6.45) is 7.31. The lowest BCUT2D eigenvalue weighted by molar-refractivity contribution is 0.679. The van der Waals surface area contributed by atoms with Crippen molar-refractivity contribution in [3.05, 3.63) is 29.8 Å². The molecule has 1 aromatic rings. The van der Waals surface area contributed by atoms with Crippen LogP contribution in [-0.4, -0.2) is 9.96 Å². The summed E-state index contributed by atoms with van der Waals surface area (Å²) in [7, 11) is -0.862. The fourth-order valence-electron chi connectivity index (χ4n) is 1.10. The number of hydrogen-bond donors (Lipinski definition) is 0. The van der Waals surface area contributed by atoms with E-state index in [-0.39, 0.29) is 0 Å². The molecule has 1 aromatic carbocycles. The van der Waals surface area contributed by atoms with Gasteiger partial charge in [0, 0.05) is 16.2 Å². The SMILES string of the molecule is C#Cc1ccc(S(=O)CCCC)cc1. The summed E-state index contributed by atoms with van der Waals surface area (Å²) in [6, 6.07) is 7.36. The Kier molecular flexibility index (Phi) is 4.42. The van der Waals surface area contributed by atoms with Crippen molar-refractivity contribution in [3.8, 4) is 12.3 Å². The first kappa shape index (κ1) is 11.0. The molecule has 0 fully saturated rings. The summed E-state index contributed by atoms with van der Waals surface area (Å²) in [5.74, 6) is 3.28. The Morgan fingerprint density at radius 3 is 2.50 bits per heavy atom. The third-order valence-corrected chi connectivity index (χ3v) is 3.42. The van der Waals surface area contributed by atoms with Crippen molar-refractivity contribution < 1.29 is 4.21 Å². The molecule has 1 rings (SSSR count). The normalized spacial score (nSPS) is 12.0. The Morgan fingerprint density at radius 2 is 2.00 bits per heavy atom. The molecule has 0 aliphatic heterocycles. The predicted octanol–water partition coefficient (Wildman–Crippen LogP) is 2.58. The van der Waals surface area contributed by atoms with Crippen LogP contribution in [0.4, 0.5) is 0 Å². The Bertz CT molecular complexity index is 346. The number of rotatable bonds is 4. The lowest BCUT2D eigenvalue weighted by Crippen LogP contribution is -1.97. The minimum absolute atomic E-state index is 0.742. The van der Waals surface area contributed by atoms with E-state index in [1.807, 2.05) is 24.3 Å². The Hall–Kier alpha value is -1.07. The summed E-state index contributed by atoms with van der Waals surface area (Å²) in [6.45, 7) is 2.10. The van der Waals surface area contributed by atoms with Gasteiger partial charge in [-0.25, -0.2) is 0 Å². The lowest BCUT2D eigenvalue weighted by Gasteiger charge is -2.00. The van der Waals surface area contributed by atoms with Crippen LogP contribution in [0.25, 0.3) is 0 Å². The second-order valence-corrected chi connectivity index (χ2v) is 4.64. The van der Waals surface area contributed by atoms with Crippen molar-refractivity contribution in [2.24, 2.45) is 0 Å². The molecule has 0 aliphatic carbocycles. The zero-order valence-corrected chi connectivity index (χ0v) is 9.14. The molecule has 0 aliphatic rings. The van der Waals surface area contributed by atoms with E-state index in [4.69, 9.17) is 6.42 Å². The molecule has 1 atom stereocenters. The number of benzene rings is 1. The van der Waals surface area contributed by atoms with Gasteiger partial charge in [0.25, 0.3) is 0 Å². The average molecular weight is 206 g/mol. The quantitative estimate of drug-likeness (QED) is 0.692. The molecule has 0 N–H and O–H groups in total. The maximum Gasteiger partial charge on any atom is 0.0529 e. The van der Waals surface area contributed by atoms with Gasteiger partial charge in [0.1, 0.15) is 0 Å². The van der Waals surface area contributed by atoms with Crippen molar-refractivity contribution in [2.75, 3.05) is 5.75 Å². The maximum atomic E-state index is 11.7. The van der Waals surface area contributed by atoms with Crippen molar-refractivity contribution in [1.29, 1.82) is 0 Å². The molecule has 1 nitrogen and oxygen atoms in total. The van der Waals surface area contributed by atoms with Crippen molar-refractivity contribution in [3.63, 3.8) is 0 Å². The first-order valence-corrected chi connectivity index (χ1v) is 6.05. The molecule has 0 spiro atoms. The van der Waals surface area contributed by atoms with Crippen LogP contribution in [0.15, 0.2) is 29.2 Å². The van der Waals surface area contributed by atoms with E-state index >= 15 is 0 Å². The smallest absolute Gasteiger partial charge is 0.0529 e. The highest BCUT2D eigenvalue weighted by molar-refractivity contribution is 7.85. The summed E-state index contributed by atoms with van der Waals surface area (Å²) < 4.78 is 11.7. The van der Waals surface area contributed by atoms with Crippen LogP contribution < -0.4 is 0 Å². The fourth-order valence-corrected chi connectivity index (χ4v) is 2.32. The molecule has 0 radical (unpaired) electrons. The maximum absolute atomic E-state index is 11.7. The summed E-state index contributed by atoms with van der Waals surface area (Å²) in [5.41, 5.74) is 0.834. The lowest BCUT2D eigenvalue weighted by atomic mass is 10.2. The van der Waals surface area contributed by atoms with E-state index in [2.05, 4.69) is 12.8 Å².